The molecule has 0 heterocycles. The quantitative estimate of drug-likeness (QED) is 0.808. The Morgan fingerprint density at radius 1 is 1.22 bits per heavy atom. The van der Waals surface area contributed by atoms with Gasteiger partial charge >= 0.3 is 0 Å². The van der Waals surface area contributed by atoms with E-state index in [2.05, 4.69) is 11.4 Å². The second-order valence-corrected chi connectivity index (χ2v) is 6.50. The van der Waals surface area contributed by atoms with Gasteiger partial charge in [0.1, 0.15) is 0 Å². The van der Waals surface area contributed by atoms with Crippen LogP contribution >= 0.6 is 0 Å². The van der Waals surface area contributed by atoms with E-state index >= 15 is 0 Å². The summed E-state index contributed by atoms with van der Waals surface area (Å²) >= 11 is 0. The van der Waals surface area contributed by atoms with Gasteiger partial charge in [0.05, 0.1) is 0 Å². The van der Waals surface area contributed by atoms with E-state index in [9.17, 15) is 4.79 Å². The zero-order valence-corrected chi connectivity index (χ0v) is 11.3. The molecule has 0 atom stereocenters. The average Bonchev–Trinajstić information content (AvgIpc) is 3.14. The van der Waals surface area contributed by atoms with E-state index in [1.165, 1.54) is 51.4 Å². The summed E-state index contributed by atoms with van der Waals surface area (Å²) in [6, 6.07) is 0. The van der Waals surface area contributed by atoms with Crippen molar-refractivity contribution in [3.63, 3.8) is 0 Å². The molecule has 18 heavy (non-hydrogen) atoms. The molecule has 0 radical (unpaired) electrons. The number of carbonyl (C=O) groups excluding carboxylic acids is 1. The Labute approximate surface area is 110 Å². The highest BCUT2D eigenvalue weighted by molar-refractivity contribution is 5.93. The van der Waals surface area contributed by atoms with Crippen LogP contribution in [0.5, 0.6) is 0 Å². The molecule has 0 aliphatic heterocycles. The van der Waals surface area contributed by atoms with E-state index in [-0.39, 0.29) is 5.91 Å². The predicted molar refractivity (Wildman–Crippen MR) is 73.2 cm³/mol. The van der Waals surface area contributed by atoms with E-state index < -0.39 is 0 Å². The molecule has 3 rings (SSSR count). The lowest BCUT2D eigenvalue weighted by Crippen LogP contribution is -2.44. The van der Waals surface area contributed by atoms with Gasteiger partial charge in [0.2, 0.25) is 5.91 Å². The highest BCUT2D eigenvalue weighted by Crippen LogP contribution is 2.56. The third-order valence-corrected chi connectivity index (χ3v) is 5.23. The van der Waals surface area contributed by atoms with Crippen molar-refractivity contribution in [1.29, 1.82) is 0 Å². The first-order chi connectivity index (χ1) is 8.80. The summed E-state index contributed by atoms with van der Waals surface area (Å²) in [5.74, 6) is 1.15. The second kappa shape index (κ2) is 5.07. The topological polar surface area (TPSA) is 29.1 Å². The summed E-state index contributed by atoms with van der Waals surface area (Å²) < 4.78 is 0. The van der Waals surface area contributed by atoms with Crippen molar-refractivity contribution in [2.45, 2.75) is 64.2 Å². The SMILES string of the molecule is O=C(NCC1(C2CC2)CCC1)C1=CCCCCC1. The summed E-state index contributed by atoms with van der Waals surface area (Å²) in [6.07, 6.45) is 14.8. The van der Waals surface area contributed by atoms with Crippen molar-refractivity contribution in [1.82, 2.24) is 5.32 Å². The first kappa shape index (κ1) is 12.3. The molecule has 0 unspecified atom stereocenters. The maximum absolute atomic E-state index is 12.2. The zero-order chi connectivity index (χ0) is 12.4. The number of carbonyl (C=O) groups is 1. The van der Waals surface area contributed by atoms with Gasteiger partial charge < -0.3 is 5.32 Å². The van der Waals surface area contributed by atoms with Crippen LogP contribution in [0.1, 0.15) is 64.2 Å². The fourth-order valence-electron chi connectivity index (χ4n) is 3.65. The number of hydrogen-bond donors (Lipinski definition) is 1. The van der Waals surface area contributed by atoms with Crippen LogP contribution in [0.4, 0.5) is 0 Å². The minimum Gasteiger partial charge on any atom is -0.352 e. The van der Waals surface area contributed by atoms with Gasteiger partial charge in [-0.15, -0.1) is 0 Å². The molecule has 0 aromatic heterocycles. The van der Waals surface area contributed by atoms with Crippen LogP contribution in [0.3, 0.4) is 0 Å². The number of hydrogen-bond acceptors (Lipinski definition) is 1. The molecule has 2 saturated carbocycles. The third kappa shape index (κ3) is 2.48. The highest BCUT2D eigenvalue weighted by atomic mass is 16.1. The fraction of sp³-hybridized carbons (Fsp3) is 0.812. The van der Waals surface area contributed by atoms with Gasteiger partial charge in [-0.3, -0.25) is 4.79 Å². The van der Waals surface area contributed by atoms with E-state index in [4.69, 9.17) is 0 Å². The molecule has 0 spiro atoms. The monoisotopic (exact) mass is 247 g/mol. The Kier molecular flexibility index (Phi) is 3.45. The summed E-state index contributed by atoms with van der Waals surface area (Å²) in [5.41, 5.74) is 1.55. The minimum atomic E-state index is 0.226. The van der Waals surface area contributed by atoms with Crippen LogP contribution in [0.2, 0.25) is 0 Å². The molecule has 100 valence electrons. The van der Waals surface area contributed by atoms with Crippen molar-refractivity contribution < 1.29 is 4.79 Å². The van der Waals surface area contributed by atoms with Crippen molar-refractivity contribution in [2.75, 3.05) is 6.54 Å². The van der Waals surface area contributed by atoms with E-state index in [1.807, 2.05) is 0 Å². The van der Waals surface area contributed by atoms with Crippen LogP contribution in [-0.2, 0) is 4.79 Å². The largest absolute Gasteiger partial charge is 0.352 e. The molecule has 0 aromatic carbocycles. The summed E-state index contributed by atoms with van der Waals surface area (Å²) in [5, 5.41) is 3.24. The fourth-order valence-corrected chi connectivity index (χ4v) is 3.65. The molecule has 3 aliphatic rings. The maximum atomic E-state index is 12.2. The van der Waals surface area contributed by atoms with Crippen LogP contribution in [0.25, 0.3) is 0 Å². The Morgan fingerprint density at radius 3 is 2.72 bits per heavy atom. The van der Waals surface area contributed by atoms with E-state index in [0.717, 1.165) is 30.9 Å². The van der Waals surface area contributed by atoms with E-state index in [0.29, 0.717) is 5.41 Å². The molecule has 1 amide bonds. The summed E-state index contributed by atoms with van der Waals surface area (Å²) in [4.78, 5) is 12.2. The van der Waals surface area contributed by atoms with Crippen molar-refractivity contribution in [2.24, 2.45) is 11.3 Å². The van der Waals surface area contributed by atoms with Crippen molar-refractivity contribution in [3.8, 4) is 0 Å². The summed E-state index contributed by atoms with van der Waals surface area (Å²) in [7, 11) is 0. The molecular formula is C16H25NO. The molecular weight excluding hydrogens is 222 g/mol. The van der Waals surface area contributed by atoms with Gasteiger partial charge in [-0.1, -0.05) is 18.9 Å². The molecule has 2 nitrogen and oxygen atoms in total. The lowest BCUT2D eigenvalue weighted by molar-refractivity contribution is -0.118. The number of rotatable bonds is 4. The lowest BCUT2D eigenvalue weighted by Gasteiger charge is -2.42. The van der Waals surface area contributed by atoms with Crippen molar-refractivity contribution >= 4 is 5.91 Å². The normalized spacial score (nSPS) is 26.8. The predicted octanol–water partition coefficient (Wildman–Crippen LogP) is 3.57. The van der Waals surface area contributed by atoms with Gasteiger partial charge in [0.25, 0.3) is 0 Å². The second-order valence-electron chi connectivity index (χ2n) is 6.50. The Morgan fingerprint density at radius 2 is 2.06 bits per heavy atom. The molecule has 3 aliphatic carbocycles. The summed E-state index contributed by atoms with van der Waals surface area (Å²) in [6.45, 7) is 0.938. The van der Waals surface area contributed by atoms with Gasteiger partial charge in [-0.2, -0.15) is 0 Å². The van der Waals surface area contributed by atoms with Crippen LogP contribution < -0.4 is 5.32 Å². The molecule has 2 heteroatoms. The first-order valence-electron chi connectivity index (χ1n) is 7.77. The highest BCUT2D eigenvalue weighted by Gasteiger charge is 2.48. The van der Waals surface area contributed by atoms with Crippen LogP contribution in [0.15, 0.2) is 11.6 Å². The van der Waals surface area contributed by atoms with Gasteiger partial charge in [0.15, 0.2) is 0 Å². The zero-order valence-electron chi connectivity index (χ0n) is 11.3. The molecule has 0 bridgehead atoms. The minimum absolute atomic E-state index is 0.226. The Hall–Kier alpha value is -0.790. The standard InChI is InChI=1S/C16H25NO/c18-15(13-6-3-1-2-4-7-13)17-12-16(10-5-11-16)14-8-9-14/h6,14H,1-5,7-12H2,(H,17,18). The van der Waals surface area contributed by atoms with Gasteiger partial charge in [-0.05, 0) is 62.7 Å². The van der Waals surface area contributed by atoms with Crippen LogP contribution in [0, 0.1) is 11.3 Å². The Bertz CT molecular complexity index is 350. The maximum Gasteiger partial charge on any atom is 0.246 e. The Balaban J connectivity index is 1.52. The lowest BCUT2D eigenvalue weighted by atomic mass is 9.65. The molecule has 0 saturated heterocycles. The number of amides is 1. The van der Waals surface area contributed by atoms with Gasteiger partial charge in [-0.25, -0.2) is 0 Å². The number of allylic oxidation sites excluding steroid dienone is 1. The molecule has 2 fully saturated rings. The first-order valence-corrected chi connectivity index (χ1v) is 7.77. The third-order valence-electron chi connectivity index (χ3n) is 5.23. The van der Waals surface area contributed by atoms with Crippen molar-refractivity contribution in [3.05, 3.63) is 11.6 Å². The average molecular weight is 247 g/mol. The van der Waals surface area contributed by atoms with Crippen LogP contribution in [-0.4, -0.2) is 12.5 Å². The molecule has 0 aromatic rings. The molecule has 1 N–H and O–H groups in total. The smallest absolute Gasteiger partial charge is 0.246 e. The van der Waals surface area contributed by atoms with Gasteiger partial charge in [0, 0.05) is 12.1 Å². The van der Waals surface area contributed by atoms with E-state index in [1.54, 1.807) is 0 Å². The number of nitrogens with one attached hydrogen (secondary N) is 1.